The lowest BCUT2D eigenvalue weighted by Crippen LogP contribution is -2.32. The second-order valence-corrected chi connectivity index (χ2v) is 4.86. The third kappa shape index (κ3) is 2.28. The van der Waals surface area contributed by atoms with Crippen molar-refractivity contribution in [3.8, 4) is 0 Å². The van der Waals surface area contributed by atoms with Gasteiger partial charge in [-0.1, -0.05) is 24.6 Å². The molecule has 0 radical (unpaired) electrons. The fourth-order valence-electron chi connectivity index (χ4n) is 2.00. The summed E-state index contributed by atoms with van der Waals surface area (Å²) in [5.74, 6) is -0.765. The summed E-state index contributed by atoms with van der Waals surface area (Å²) in [7, 11) is 0. The van der Waals surface area contributed by atoms with E-state index in [-0.39, 0.29) is 28.5 Å². The average Bonchev–Trinajstić information content (AvgIpc) is 2.62. The van der Waals surface area contributed by atoms with Crippen LogP contribution in [0, 0.1) is 11.7 Å². The lowest BCUT2D eigenvalue weighted by Gasteiger charge is -2.16. The standard InChI is InChI=1S/C12H14ClFN2O/c1-7-5-16(6-10(7)15)12(17)8-3-2-4-9(13)11(8)14/h2-4,7,10H,5-6,15H2,1H3. The van der Waals surface area contributed by atoms with Gasteiger partial charge in [-0.15, -0.1) is 0 Å². The summed E-state index contributed by atoms with van der Waals surface area (Å²) in [6, 6.07) is 4.39. The quantitative estimate of drug-likeness (QED) is 0.834. The van der Waals surface area contributed by atoms with E-state index in [2.05, 4.69) is 0 Å². The number of benzene rings is 1. The second kappa shape index (κ2) is 4.63. The molecule has 17 heavy (non-hydrogen) atoms. The summed E-state index contributed by atoms with van der Waals surface area (Å²) < 4.78 is 13.7. The van der Waals surface area contributed by atoms with E-state index in [0.29, 0.717) is 13.1 Å². The van der Waals surface area contributed by atoms with Crippen molar-refractivity contribution in [2.24, 2.45) is 11.7 Å². The van der Waals surface area contributed by atoms with E-state index in [9.17, 15) is 9.18 Å². The van der Waals surface area contributed by atoms with E-state index < -0.39 is 5.82 Å². The van der Waals surface area contributed by atoms with Crippen molar-refractivity contribution in [1.29, 1.82) is 0 Å². The molecule has 2 N–H and O–H groups in total. The van der Waals surface area contributed by atoms with Crippen molar-refractivity contribution in [1.82, 2.24) is 4.90 Å². The van der Waals surface area contributed by atoms with E-state index in [0.717, 1.165) is 0 Å². The fraction of sp³-hybridized carbons (Fsp3) is 0.417. The molecule has 2 rings (SSSR count). The molecule has 0 aliphatic carbocycles. The Bertz CT molecular complexity index is 442. The minimum atomic E-state index is -0.660. The highest BCUT2D eigenvalue weighted by Crippen LogP contribution is 2.22. The van der Waals surface area contributed by atoms with Crippen molar-refractivity contribution in [2.45, 2.75) is 13.0 Å². The molecule has 1 aliphatic rings. The van der Waals surface area contributed by atoms with Crippen molar-refractivity contribution < 1.29 is 9.18 Å². The SMILES string of the molecule is CC1CN(C(=O)c2cccc(Cl)c2F)CC1N. The lowest BCUT2D eigenvalue weighted by atomic mass is 10.1. The van der Waals surface area contributed by atoms with Crippen LogP contribution >= 0.6 is 11.6 Å². The Morgan fingerprint density at radius 3 is 2.82 bits per heavy atom. The molecular formula is C12H14ClFN2O. The van der Waals surface area contributed by atoms with Crippen LogP contribution in [0.2, 0.25) is 5.02 Å². The number of amides is 1. The summed E-state index contributed by atoms with van der Waals surface area (Å²) in [6.45, 7) is 3.00. The molecule has 1 aliphatic heterocycles. The van der Waals surface area contributed by atoms with Crippen LogP contribution in [0.1, 0.15) is 17.3 Å². The van der Waals surface area contributed by atoms with Crippen LogP contribution in [-0.4, -0.2) is 29.9 Å². The van der Waals surface area contributed by atoms with Gasteiger partial charge in [0.05, 0.1) is 10.6 Å². The smallest absolute Gasteiger partial charge is 0.256 e. The van der Waals surface area contributed by atoms with Crippen LogP contribution in [0.5, 0.6) is 0 Å². The predicted octanol–water partition coefficient (Wildman–Crippen LogP) is 1.90. The Labute approximate surface area is 104 Å². The first-order valence-electron chi connectivity index (χ1n) is 5.49. The highest BCUT2D eigenvalue weighted by atomic mass is 35.5. The van der Waals surface area contributed by atoms with Gasteiger partial charge in [-0.05, 0) is 18.1 Å². The van der Waals surface area contributed by atoms with E-state index in [1.807, 2.05) is 6.92 Å². The maximum atomic E-state index is 13.7. The highest BCUT2D eigenvalue weighted by molar-refractivity contribution is 6.31. The van der Waals surface area contributed by atoms with Crippen LogP contribution in [0.4, 0.5) is 4.39 Å². The highest BCUT2D eigenvalue weighted by Gasteiger charge is 2.31. The van der Waals surface area contributed by atoms with Gasteiger partial charge in [-0.2, -0.15) is 0 Å². The summed E-state index contributed by atoms with van der Waals surface area (Å²) in [6.07, 6.45) is 0. The molecule has 1 saturated heterocycles. The molecule has 2 unspecified atom stereocenters. The summed E-state index contributed by atoms with van der Waals surface area (Å²) in [5, 5.41) is -0.0348. The maximum absolute atomic E-state index is 13.7. The van der Waals surface area contributed by atoms with Gasteiger partial charge in [0.1, 0.15) is 0 Å². The minimum Gasteiger partial charge on any atom is -0.337 e. The number of hydrogen-bond acceptors (Lipinski definition) is 2. The van der Waals surface area contributed by atoms with Gasteiger partial charge in [0.15, 0.2) is 5.82 Å². The Hall–Kier alpha value is -1.13. The van der Waals surface area contributed by atoms with Gasteiger partial charge >= 0.3 is 0 Å². The number of nitrogens with two attached hydrogens (primary N) is 1. The number of carbonyl (C=O) groups excluding carboxylic acids is 1. The molecule has 1 aromatic carbocycles. The van der Waals surface area contributed by atoms with E-state index >= 15 is 0 Å². The first-order chi connectivity index (χ1) is 8.00. The third-order valence-corrected chi connectivity index (χ3v) is 3.43. The summed E-state index contributed by atoms with van der Waals surface area (Å²) in [4.78, 5) is 13.7. The second-order valence-electron chi connectivity index (χ2n) is 4.45. The van der Waals surface area contributed by atoms with Gasteiger partial charge in [0.25, 0.3) is 5.91 Å². The van der Waals surface area contributed by atoms with Crippen molar-refractivity contribution in [3.63, 3.8) is 0 Å². The zero-order valence-electron chi connectivity index (χ0n) is 9.49. The molecule has 0 aromatic heterocycles. The number of rotatable bonds is 1. The summed E-state index contributed by atoms with van der Waals surface area (Å²) in [5.41, 5.74) is 5.85. The topological polar surface area (TPSA) is 46.3 Å². The summed E-state index contributed by atoms with van der Waals surface area (Å²) >= 11 is 5.65. The molecule has 0 saturated carbocycles. The molecule has 0 spiro atoms. The van der Waals surface area contributed by atoms with Crippen LogP contribution < -0.4 is 5.73 Å². The first-order valence-corrected chi connectivity index (χ1v) is 5.87. The Kier molecular flexibility index (Phi) is 3.35. The van der Waals surface area contributed by atoms with Crippen molar-refractivity contribution in [2.75, 3.05) is 13.1 Å². The number of nitrogens with zero attached hydrogens (tertiary/aromatic N) is 1. The number of likely N-dealkylation sites (tertiary alicyclic amines) is 1. The Morgan fingerprint density at radius 1 is 1.53 bits per heavy atom. The molecule has 3 nitrogen and oxygen atoms in total. The van der Waals surface area contributed by atoms with E-state index in [1.54, 1.807) is 11.0 Å². The van der Waals surface area contributed by atoms with Crippen LogP contribution in [-0.2, 0) is 0 Å². The van der Waals surface area contributed by atoms with E-state index in [4.69, 9.17) is 17.3 Å². The van der Waals surface area contributed by atoms with Gasteiger partial charge in [0.2, 0.25) is 0 Å². The normalized spacial score (nSPS) is 24.1. The molecule has 1 fully saturated rings. The molecule has 1 heterocycles. The monoisotopic (exact) mass is 256 g/mol. The van der Waals surface area contributed by atoms with Gasteiger partial charge in [-0.3, -0.25) is 4.79 Å². The zero-order chi connectivity index (χ0) is 12.6. The van der Waals surface area contributed by atoms with Crippen molar-refractivity contribution >= 4 is 17.5 Å². The largest absolute Gasteiger partial charge is 0.337 e. The average molecular weight is 257 g/mol. The van der Waals surface area contributed by atoms with Crippen molar-refractivity contribution in [3.05, 3.63) is 34.6 Å². The lowest BCUT2D eigenvalue weighted by molar-refractivity contribution is 0.0782. The number of carbonyl (C=O) groups is 1. The number of halogens is 2. The fourth-order valence-corrected chi connectivity index (χ4v) is 2.17. The maximum Gasteiger partial charge on any atom is 0.256 e. The zero-order valence-corrected chi connectivity index (χ0v) is 10.2. The Balaban J connectivity index is 2.24. The molecular weight excluding hydrogens is 243 g/mol. The van der Waals surface area contributed by atoms with Gasteiger partial charge in [-0.25, -0.2) is 4.39 Å². The molecule has 1 aromatic rings. The van der Waals surface area contributed by atoms with Crippen LogP contribution in [0.15, 0.2) is 18.2 Å². The third-order valence-electron chi connectivity index (χ3n) is 3.14. The van der Waals surface area contributed by atoms with Crippen LogP contribution in [0.25, 0.3) is 0 Å². The van der Waals surface area contributed by atoms with E-state index in [1.165, 1.54) is 12.1 Å². The molecule has 1 amide bonds. The number of hydrogen-bond donors (Lipinski definition) is 1. The molecule has 0 bridgehead atoms. The van der Waals surface area contributed by atoms with Gasteiger partial charge in [0, 0.05) is 19.1 Å². The molecule has 5 heteroatoms. The Morgan fingerprint density at radius 2 is 2.24 bits per heavy atom. The van der Waals surface area contributed by atoms with Crippen LogP contribution in [0.3, 0.4) is 0 Å². The first kappa shape index (κ1) is 12.3. The molecule has 2 atom stereocenters. The van der Waals surface area contributed by atoms with Gasteiger partial charge < -0.3 is 10.6 Å². The predicted molar refractivity (Wildman–Crippen MR) is 64.5 cm³/mol. The molecule has 92 valence electrons. The minimum absolute atomic E-state index is 0.0128.